The van der Waals surface area contributed by atoms with Gasteiger partial charge in [-0.3, -0.25) is 0 Å². The number of aromatic nitrogens is 4. The number of nitrogen functional groups attached to an aromatic ring is 1. The fourth-order valence-electron chi connectivity index (χ4n) is 2.01. The molecule has 0 saturated carbocycles. The van der Waals surface area contributed by atoms with Crippen LogP contribution < -0.4 is 5.73 Å². The van der Waals surface area contributed by atoms with Gasteiger partial charge in [-0.05, 0) is 24.1 Å². The van der Waals surface area contributed by atoms with Gasteiger partial charge in [-0.1, -0.05) is 19.1 Å². The molecule has 0 radical (unpaired) electrons. The number of benzene rings is 1. The van der Waals surface area contributed by atoms with Crippen molar-refractivity contribution in [2.24, 2.45) is 0 Å². The van der Waals surface area contributed by atoms with E-state index in [-0.39, 0.29) is 5.92 Å². The van der Waals surface area contributed by atoms with Gasteiger partial charge in [-0.2, -0.15) is 0 Å². The Morgan fingerprint density at radius 2 is 2.17 bits per heavy atom. The Bertz CT molecular complexity index is 697. The van der Waals surface area contributed by atoms with Crippen LogP contribution in [0.25, 0.3) is 15.9 Å². The summed E-state index contributed by atoms with van der Waals surface area (Å²) in [4.78, 5) is 4.26. The molecule has 0 unspecified atom stereocenters. The van der Waals surface area contributed by atoms with Crippen molar-refractivity contribution in [2.75, 3.05) is 5.73 Å². The SMILES string of the molecule is CC(C)c1c(N)nnn1-c1ccc2ncsc2c1. The first-order chi connectivity index (χ1) is 8.66. The van der Waals surface area contributed by atoms with Crippen molar-refractivity contribution < 1.29 is 0 Å². The van der Waals surface area contributed by atoms with E-state index >= 15 is 0 Å². The number of hydrogen-bond acceptors (Lipinski definition) is 5. The van der Waals surface area contributed by atoms with Crippen LogP contribution in [0.2, 0.25) is 0 Å². The molecule has 6 heteroatoms. The van der Waals surface area contributed by atoms with E-state index in [0.29, 0.717) is 5.82 Å². The fourth-order valence-corrected chi connectivity index (χ4v) is 2.72. The molecule has 5 nitrogen and oxygen atoms in total. The molecule has 1 aromatic carbocycles. The molecule has 0 saturated heterocycles. The maximum Gasteiger partial charge on any atom is 0.169 e. The van der Waals surface area contributed by atoms with E-state index < -0.39 is 0 Å². The molecule has 2 aromatic heterocycles. The molecule has 92 valence electrons. The number of nitrogens with zero attached hydrogens (tertiary/aromatic N) is 4. The van der Waals surface area contributed by atoms with E-state index in [1.807, 2.05) is 17.6 Å². The second-order valence-electron chi connectivity index (χ2n) is 4.43. The van der Waals surface area contributed by atoms with Crippen molar-refractivity contribution in [1.29, 1.82) is 0 Å². The van der Waals surface area contributed by atoms with Gasteiger partial charge in [0.25, 0.3) is 0 Å². The van der Waals surface area contributed by atoms with Crippen molar-refractivity contribution >= 4 is 27.4 Å². The smallest absolute Gasteiger partial charge is 0.169 e. The van der Waals surface area contributed by atoms with Crippen molar-refractivity contribution in [3.8, 4) is 5.69 Å². The standard InChI is InChI=1S/C12H13N5S/c1-7(2)11-12(13)15-16-17(11)8-3-4-9-10(5-8)18-6-14-9/h3-7H,13H2,1-2H3. The monoisotopic (exact) mass is 259 g/mol. The Labute approximate surface area is 108 Å². The summed E-state index contributed by atoms with van der Waals surface area (Å²) >= 11 is 1.61. The van der Waals surface area contributed by atoms with Crippen LogP contribution >= 0.6 is 11.3 Å². The molecule has 0 amide bonds. The highest BCUT2D eigenvalue weighted by Crippen LogP contribution is 2.26. The summed E-state index contributed by atoms with van der Waals surface area (Å²) in [5.74, 6) is 0.770. The third kappa shape index (κ3) is 1.65. The Morgan fingerprint density at radius 3 is 2.94 bits per heavy atom. The van der Waals surface area contributed by atoms with Crippen LogP contribution in [0.1, 0.15) is 25.5 Å². The summed E-state index contributed by atoms with van der Waals surface area (Å²) < 4.78 is 2.94. The number of hydrogen-bond donors (Lipinski definition) is 1. The molecule has 0 aliphatic heterocycles. The van der Waals surface area contributed by atoms with Crippen LogP contribution in [0, 0.1) is 0 Å². The fraction of sp³-hybridized carbons (Fsp3) is 0.250. The molecule has 2 N–H and O–H groups in total. The van der Waals surface area contributed by atoms with E-state index in [9.17, 15) is 0 Å². The minimum atomic E-state index is 0.275. The second-order valence-corrected chi connectivity index (χ2v) is 5.32. The molecule has 0 fully saturated rings. The number of thiazole rings is 1. The molecule has 0 aliphatic carbocycles. The Hall–Kier alpha value is -1.95. The number of fused-ring (bicyclic) bond motifs is 1. The van der Waals surface area contributed by atoms with Crippen LogP contribution in [0.4, 0.5) is 5.82 Å². The lowest BCUT2D eigenvalue weighted by atomic mass is 10.1. The Morgan fingerprint density at radius 1 is 1.33 bits per heavy atom. The first-order valence-corrected chi connectivity index (χ1v) is 6.59. The highest BCUT2D eigenvalue weighted by molar-refractivity contribution is 7.16. The summed E-state index contributed by atoms with van der Waals surface area (Å²) in [6, 6.07) is 6.04. The normalized spacial score (nSPS) is 11.5. The molecule has 0 aliphatic rings. The first kappa shape index (κ1) is 11.2. The van der Waals surface area contributed by atoms with E-state index in [4.69, 9.17) is 5.73 Å². The maximum atomic E-state index is 5.87. The topological polar surface area (TPSA) is 69.6 Å². The zero-order valence-corrected chi connectivity index (χ0v) is 11.0. The maximum absolute atomic E-state index is 5.87. The van der Waals surface area contributed by atoms with Crippen LogP contribution in [0.5, 0.6) is 0 Å². The van der Waals surface area contributed by atoms with Gasteiger partial charge in [0.2, 0.25) is 0 Å². The molecule has 2 heterocycles. The highest BCUT2D eigenvalue weighted by atomic mass is 32.1. The summed E-state index contributed by atoms with van der Waals surface area (Å²) in [5, 5.41) is 8.08. The first-order valence-electron chi connectivity index (χ1n) is 5.71. The minimum absolute atomic E-state index is 0.275. The minimum Gasteiger partial charge on any atom is -0.381 e. The van der Waals surface area contributed by atoms with Gasteiger partial charge in [0.15, 0.2) is 5.82 Å². The average molecular weight is 259 g/mol. The quantitative estimate of drug-likeness (QED) is 0.768. The summed E-state index contributed by atoms with van der Waals surface area (Å²) in [5.41, 5.74) is 10.6. The van der Waals surface area contributed by atoms with Gasteiger partial charge < -0.3 is 5.73 Å². The van der Waals surface area contributed by atoms with Gasteiger partial charge in [-0.25, -0.2) is 9.67 Å². The van der Waals surface area contributed by atoms with Crippen molar-refractivity contribution in [1.82, 2.24) is 20.0 Å². The summed E-state index contributed by atoms with van der Waals surface area (Å²) in [6.07, 6.45) is 0. The molecule has 3 rings (SSSR count). The van der Waals surface area contributed by atoms with Gasteiger partial charge in [0.1, 0.15) is 0 Å². The van der Waals surface area contributed by atoms with E-state index in [1.165, 1.54) is 0 Å². The van der Waals surface area contributed by atoms with E-state index in [2.05, 4.69) is 35.2 Å². The van der Waals surface area contributed by atoms with Crippen LogP contribution in [-0.4, -0.2) is 20.0 Å². The van der Waals surface area contributed by atoms with E-state index in [0.717, 1.165) is 21.6 Å². The lowest BCUT2D eigenvalue weighted by Crippen LogP contribution is -2.05. The molecule has 18 heavy (non-hydrogen) atoms. The molecular weight excluding hydrogens is 246 g/mol. The van der Waals surface area contributed by atoms with Gasteiger partial charge in [0, 0.05) is 0 Å². The third-order valence-corrected chi connectivity index (χ3v) is 3.63. The van der Waals surface area contributed by atoms with Crippen LogP contribution in [0.3, 0.4) is 0 Å². The van der Waals surface area contributed by atoms with Crippen molar-refractivity contribution in [3.05, 3.63) is 29.4 Å². The Kier molecular flexibility index (Phi) is 2.52. The third-order valence-electron chi connectivity index (χ3n) is 2.84. The molecule has 0 bridgehead atoms. The Balaban J connectivity index is 2.19. The lowest BCUT2D eigenvalue weighted by Gasteiger charge is -2.09. The zero-order chi connectivity index (χ0) is 12.7. The van der Waals surface area contributed by atoms with Crippen molar-refractivity contribution in [2.45, 2.75) is 19.8 Å². The molecular formula is C12H13N5S. The van der Waals surface area contributed by atoms with Crippen LogP contribution in [0.15, 0.2) is 23.7 Å². The van der Waals surface area contributed by atoms with Gasteiger partial charge >= 0.3 is 0 Å². The van der Waals surface area contributed by atoms with Gasteiger partial charge in [-0.15, -0.1) is 16.4 Å². The predicted molar refractivity (Wildman–Crippen MR) is 73.0 cm³/mol. The lowest BCUT2D eigenvalue weighted by molar-refractivity contribution is 0.716. The highest BCUT2D eigenvalue weighted by Gasteiger charge is 2.15. The number of rotatable bonds is 2. The average Bonchev–Trinajstić information content (AvgIpc) is 2.93. The zero-order valence-electron chi connectivity index (χ0n) is 10.2. The summed E-state index contributed by atoms with van der Waals surface area (Å²) in [6.45, 7) is 4.16. The predicted octanol–water partition coefficient (Wildman–Crippen LogP) is 2.58. The second kappa shape index (κ2) is 4.06. The largest absolute Gasteiger partial charge is 0.381 e. The van der Waals surface area contributed by atoms with Crippen LogP contribution in [-0.2, 0) is 0 Å². The van der Waals surface area contributed by atoms with Crippen molar-refractivity contribution in [3.63, 3.8) is 0 Å². The van der Waals surface area contributed by atoms with Gasteiger partial charge in [0.05, 0.1) is 27.1 Å². The summed E-state index contributed by atoms with van der Waals surface area (Å²) in [7, 11) is 0. The molecule has 0 spiro atoms. The number of anilines is 1. The van der Waals surface area contributed by atoms with E-state index in [1.54, 1.807) is 16.0 Å². The molecule has 0 atom stereocenters. The molecule has 3 aromatic rings. The number of nitrogens with two attached hydrogens (primary N) is 1.